The Kier molecular flexibility index (Phi) is 4.95. The van der Waals surface area contributed by atoms with E-state index < -0.39 is 0 Å². The molecular formula is C21H21FN6S. The highest BCUT2D eigenvalue weighted by atomic mass is 32.1. The Morgan fingerprint density at radius 1 is 0.966 bits per heavy atom. The zero-order valence-electron chi connectivity index (χ0n) is 15.9. The van der Waals surface area contributed by atoms with Crippen molar-refractivity contribution in [2.45, 2.75) is 13.0 Å². The first-order valence-corrected chi connectivity index (χ1v) is 10.5. The fraction of sp³-hybridized carbons (Fsp3) is 0.286. The number of rotatable bonds is 5. The predicted molar refractivity (Wildman–Crippen MR) is 112 cm³/mol. The van der Waals surface area contributed by atoms with Crippen LogP contribution >= 0.6 is 11.3 Å². The lowest BCUT2D eigenvalue weighted by Gasteiger charge is -2.33. The van der Waals surface area contributed by atoms with Gasteiger partial charge in [-0.05, 0) is 29.8 Å². The van der Waals surface area contributed by atoms with E-state index >= 15 is 0 Å². The molecule has 0 saturated carbocycles. The van der Waals surface area contributed by atoms with Crippen molar-refractivity contribution in [1.82, 2.24) is 24.5 Å². The lowest BCUT2D eigenvalue weighted by molar-refractivity contribution is 0.247. The average molecular weight is 409 g/mol. The molecule has 29 heavy (non-hydrogen) atoms. The van der Waals surface area contributed by atoms with E-state index in [9.17, 15) is 4.39 Å². The number of imidazole rings is 1. The summed E-state index contributed by atoms with van der Waals surface area (Å²) in [6.45, 7) is 4.67. The molecule has 8 heteroatoms. The van der Waals surface area contributed by atoms with Gasteiger partial charge in [0.2, 0.25) is 5.13 Å². The molecule has 6 nitrogen and oxygen atoms in total. The van der Waals surface area contributed by atoms with Crippen LogP contribution < -0.4 is 4.90 Å². The van der Waals surface area contributed by atoms with Gasteiger partial charge in [-0.1, -0.05) is 29.5 Å². The summed E-state index contributed by atoms with van der Waals surface area (Å²) >= 11 is 1.62. The Hall–Kier alpha value is -2.84. The number of pyridine rings is 1. The molecule has 0 unspecified atom stereocenters. The van der Waals surface area contributed by atoms with Crippen molar-refractivity contribution in [2.24, 2.45) is 0 Å². The van der Waals surface area contributed by atoms with E-state index in [4.69, 9.17) is 4.98 Å². The van der Waals surface area contributed by atoms with Crippen molar-refractivity contribution in [1.29, 1.82) is 0 Å². The maximum Gasteiger partial charge on any atom is 0.208 e. The molecule has 3 aromatic heterocycles. The molecule has 4 heterocycles. The van der Waals surface area contributed by atoms with Gasteiger partial charge in [-0.15, -0.1) is 10.2 Å². The van der Waals surface area contributed by atoms with Gasteiger partial charge in [0.1, 0.15) is 16.5 Å². The van der Waals surface area contributed by atoms with Gasteiger partial charge in [-0.25, -0.2) is 9.37 Å². The monoisotopic (exact) mass is 408 g/mol. The zero-order chi connectivity index (χ0) is 19.6. The van der Waals surface area contributed by atoms with Crippen LogP contribution in [-0.4, -0.2) is 50.7 Å². The fourth-order valence-corrected chi connectivity index (χ4v) is 4.54. The van der Waals surface area contributed by atoms with E-state index in [1.165, 1.54) is 12.1 Å². The first-order valence-electron chi connectivity index (χ1n) is 9.70. The van der Waals surface area contributed by atoms with Crippen LogP contribution in [0.5, 0.6) is 0 Å². The molecule has 1 aliphatic heterocycles. The number of piperazine rings is 1. The highest BCUT2D eigenvalue weighted by Crippen LogP contribution is 2.24. The summed E-state index contributed by atoms with van der Waals surface area (Å²) in [5.41, 5.74) is 3.14. The Labute approximate surface area is 172 Å². The number of nitrogens with zero attached hydrogens (tertiary/aromatic N) is 6. The Morgan fingerprint density at radius 2 is 1.79 bits per heavy atom. The van der Waals surface area contributed by atoms with Crippen molar-refractivity contribution in [2.75, 3.05) is 31.1 Å². The molecule has 0 spiro atoms. The van der Waals surface area contributed by atoms with Gasteiger partial charge >= 0.3 is 0 Å². The maximum absolute atomic E-state index is 13.1. The van der Waals surface area contributed by atoms with Crippen LogP contribution in [0.15, 0.2) is 54.9 Å². The van der Waals surface area contributed by atoms with Crippen molar-refractivity contribution < 1.29 is 4.39 Å². The third-order valence-corrected chi connectivity index (χ3v) is 6.15. The smallest absolute Gasteiger partial charge is 0.208 e. The minimum absolute atomic E-state index is 0.215. The highest BCUT2D eigenvalue weighted by molar-refractivity contribution is 7.15. The molecule has 1 aromatic carbocycles. The maximum atomic E-state index is 13.1. The minimum atomic E-state index is -0.215. The second-order valence-electron chi connectivity index (χ2n) is 7.24. The fourth-order valence-electron chi connectivity index (χ4n) is 3.61. The SMILES string of the molecule is Fc1ccc(Cc2nnc(N3CCN(Cc4cn5ccccc5n4)CC3)s2)cc1. The van der Waals surface area contributed by atoms with Gasteiger partial charge < -0.3 is 9.30 Å². The second-order valence-corrected chi connectivity index (χ2v) is 8.28. The second kappa shape index (κ2) is 7.88. The van der Waals surface area contributed by atoms with E-state index in [0.717, 1.165) is 59.8 Å². The normalized spacial score (nSPS) is 15.3. The van der Waals surface area contributed by atoms with Gasteiger partial charge in [0.15, 0.2) is 0 Å². The predicted octanol–water partition coefficient (Wildman–Crippen LogP) is 3.24. The molecule has 5 rings (SSSR count). The topological polar surface area (TPSA) is 49.6 Å². The number of aromatic nitrogens is 4. The van der Waals surface area contributed by atoms with Gasteiger partial charge in [0.05, 0.1) is 5.69 Å². The molecule has 148 valence electrons. The molecule has 0 amide bonds. The van der Waals surface area contributed by atoms with Gasteiger partial charge in [-0.2, -0.15) is 0 Å². The minimum Gasteiger partial charge on any atom is -0.344 e. The highest BCUT2D eigenvalue weighted by Gasteiger charge is 2.21. The van der Waals surface area contributed by atoms with Crippen LogP contribution in [0.25, 0.3) is 5.65 Å². The van der Waals surface area contributed by atoms with E-state index in [1.807, 2.05) is 24.4 Å². The first kappa shape index (κ1) is 18.2. The largest absolute Gasteiger partial charge is 0.344 e. The van der Waals surface area contributed by atoms with Crippen molar-refractivity contribution in [3.63, 3.8) is 0 Å². The van der Waals surface area contributed by atoms with Crippen LogP contribution in [-0.2, 0) is 13.0 Å². The van der Waals surface area contributed by atoms with Gasteiger partial charge in [0.25, 0.3) is 0 Å². The summed E-state index contributed by atoms with van der Waals surface area (Å²) < 4.78 is 15.1. The number of fused-ring (bicyclic) bond motifs is 1. The van der Waals surface area contributed by atoms with E-state index in [0.29, 0.717) is 6.42 Å². The molecule has 0 N–H and O–H groups in total. The number of anilines is 1. The molecule has 0 atom stereocenters. The van der Waals surface area contributed by atoms with E-state index in [2.05, 4.69) is 30.6 Å². The molecule has 0 bridgehead atoms. The number of benzene rings is 1. The summed E-state index contributed by atoms with van der Waals surface area (Å²) in [5.74, 6) is -0.215. The third kappa shape index (κ3) is 4.13. The van der Waals surface area contributed by atoms with Crippen molar-refractivity contribution >= 4 is 22.1 Å². The number of hydrogen-bond acceptors (Lipinski definition) is 6. The Morgan fingerprint density at radius 3 is 2.59 bits per heavy atom. The van der Waals surface area contributed by atoms with Crippen LogP contribution in [0.2, 0.25) is 0 Å². The Bertz CT molecular complexity index is 1060. The number of halogens is 1. The molecule has 1 saturated heterocycles. The van der Waals surface area contributed by atoms with Crippen LogP contribution in [0.1, 0.15) is 16.3 Å². The van der Waals surface area contributed by atoms with E-state index in [-0.39, 0.29) is 5.82 Å². The summed E-state index contributed by atoms with van der Waals surface area (Å²) in [6, 6.07) is 12.6. The third-order valence-electron chi connectivity index (χ3n) is 5.17. The quantitative estimate of drug-likeness (QED) is 0.507. The van der Waals surface area contributed by atoms with Crippen LogP contribution in [0.3, 0.4) is 0 Å². The molecule has 0 radical (unpaired) electrons. The first-order chi connectivity index (χ1) is 14.2. The summed E-state index contributed by atoms with van der Waals surface area (Å²) in [4.78, 5) is 9.42. The summed E-state index contributed by atoms with van der Waals surface area (Å²) in [7, 11) is 0. The molecular weight excluding hydrogens is 387 g/mol. The zero-order valence-corrected chi connectivity index (χ0v) is 16.7. The molecule has 1 fully saturated rings. The Balaban J connectivity index is 1.17. The van der Waals surface area contributed by atoms with Crippen molar-refractivity contribution in [3.05, 3.63) is 76.9 Å². The van der Waals surface area contributed by atoms with E-state index in [1.54, 1.807) is 23.5 Å². The molecule has 4 aromatic rings. The average Bonchev–Trinajstić information content (AvgIpc) is 3.37. The van der Waals surface area contributed by atoms with Crippen LogP contribution in [0, 0.1) is 5.82 Å². The lowest BCUT2D eigenvalue weighted by atomic mass is 10.2. The summed E-state index contributed by atoms with van der Waals surface area (Å²) in [6.07, 6.45) is 4.82. The number of hydrogen-bond donors (Lipinski definition) is 0. The summed E-state index contributed by atoms with van der Waals surface area (Å²) in [5, 5.41) is 10.6. The van der Waals surface area contributed by atoms with Gasteiger partial charge in [-0.3, -0.25) is 4.90 Å². The molecule has 0 aliphatic carbocycles. The standard InChI is InChI=1S/C21H21FN6S/c22-17-6-4-16(5-7-17)13-20-24-25-21(29-20)27-11-9-26(10-12-27)14-18-15-28-8-2-1-3-19(28)23-18/h1-8,15H,9-14H2. The van der Waals surface area contributed by atoms with Gasteiger partial charge in [0, 0.05) is 51.5 Å². The van der Waals surface area contributed by atoms with Crippen LogP contribution in [0.4, 0.5) is 9.52 Å². The van der Waals surface area contributed by atoms with Crippen molar-refractivity contribution in [3.8, 4) is 0 Å². The lowest BCUT2D eigenvalue weighted by Crippen LogP contribution is -2.46. The molecule has 1 aliphatic rings.